The highest BCUT2D eigenvalue weighted by Gasteiger charge is 2.09. The van der Waals surface area contributed by atoms with Crippen molar-refractivity contribution < 1.29 is 9.53 Å². The second-order valence-electron chi connectivity index (χ2n) is 6.31. The lowest BCUT2D eigenvalue weighted by Crippen LogP contribution is -2.30. The molecule has 0 radical (unpaired) electrons. The van der Waals surface area contributed by atoms with Crippen LogP contribution in [0.25, 0.3) is 0 Å². The van der Waals surface area contributed by atoms with Crippen LogP contribution < -0.4 is 15.4 Å². The fraction of sp³-hybridized carbons (Fsp3) is 0.474. The minimum atomic E-state index is -0.232. The zero-order valence-corrected chi connectivity index (χ0v) is 16.2. The van der Waals surface area contributed by atoms with Crippen molar-refractivity contribution in [3.8, 4) is 5.75 Å². The van der Waals surface area contributed by atoms with Crippen molar-refractivity contribution in [2.24, 2.45) is 0 Å². The highest BCUT2D eigenvalue weighted by molar-refractivity contribution is 7.09. The van der Waals surface area contributed by atoms with E-state index in [4.69, 9.17) is 4.74 Å². The second-order valence-corrected chi connectivity index (χ2v) is 7.20. The number of carbonyl (C=O) groups excluding carboxylic acids is 1. The molecule has 1 aromatic carbocycles. The van der Waals surface area contributed by atoms with Crippen molar-refractivity contribution in [1.29, 1.82) is 0 Å². The molecule has 0 saturated carbocycles. The number of amides is 2. The number of urea groups is 1. The molecule has 0 spiro atoms. The molecule has 1 heterocycles. The van der Waals surface area contributed by atoms with Gasteiger partial charge >= 0.3 is 6.03 Å². The molecule has 0 atom stereocenters. The summed E-state index contributed by atoms with van der Waals surface area (Å²) in [5.74, 6) is 1.15. The fourth-order valence-corrected chi connectivity index (χ4v) is 3.11. The summed E-state index contributed by atoms with van der Waals surface area (Å²) >= 11 is 1.67. The molecule has 2 amide bonds. The van der Waals surface area contributed by atoms with Crippen molar-refractivity contribution in [3.63, 3.8) is 0 Å². The first kappa shape index (κ1) is 19.2. The molecule has 0 fully saturated rings. The molecule has 25 heavy (non-hydrogen) atoms. The number of aryl methyl sites for hydroxylation is 1. The lowest BCUT2D eigenvalue weighted by molar-refractivity contribution is 0.252. The van der Waals surface area contributed by atoms with E-state index in [0.717, 1.165) is 29.1 Å². The smallest absolute Gasteiger partial charge is 0.319 e. The van der Waals surface area contributed by atoms with Crippen LogP contribution in [0.4, 0.5) is 10.5 Å². The Morgan fingerprint density at radius 3 is 2.84 bits per heavy atom. The summed E-state index contributed by atoms with van der Waals surface area (Å²) in [5, 5.41) is 8.94. The lowest BCUT2D eigenvalue weighted by Gasteiger charge is -2.13. The van der Waals surface area contributed by atoms with Crippen LogP contribution in [0.5, 0.6) is 5.75 Å². The van der Waals surface area contributed by atoms with Crippen LogP contribution in [0, 0.1) is 6.92 Å². The van der Waals surface area contributed by atoms with Crippen LogP contribution in [0.2, 0.25) is 0 Å². The topological polar surface area (TPSA) is 63.2 Å². The quantitative estimate of drug-likeness (QED) is 0.714. The van der Waals surface area contributed by atoms with Crippen LogP contribution in [0.1, 0.15) is 49.4 Å². The van der Waals surface area contributed by atoms with Gasteiger partial charge in [-0.15, -0.1) is 11.3 Å². The van der Waals surface area contributed by atoms with Gasteiger partial charge in [0.05, 0.1) is 23.0 Å². The van der Waals surface area contributed by atoms with Crippen molar-refractivity contribution in [2.75, 3.05) is 18.5 Å². The molecule has 2 N–H and O–H groups in total. The Morgan fingerprint density at radius 1 is 1.36 bits per heavy atom. The summed E-state index contributed by atoms with van der Waals surface area (Å²) in [6, 6.07) is 5.53. The SMILES string of the molecule is CCCOc1cc(C)ccc1NC(=O)NCCc1csc(C(C)C)n1. The van der Waals surface area contributed by atoms with E-state index in [9.17, 15) is 4.79 Å². The Morgan fingerprint density at radius 2 is 2.16 bits per heavy atom. The molecule has 1 aromatic heterocycles. The molecule has 0 bridgehead atoms. The minimum Gasteiger partial charge on any atom is -0.491 e. The maximum absolute atomic E-state index is 12.1. The van der Waals surface area contributed by atoms with Crippen LogP contribution in [0.15, 0.2) is 23.6 Å². The summed E-state index contributed by atoms with van der Waals surface area (Å²) < 4.78 is 5.72. The first-order chi connectivity index (χ1) is 12.0. The van der Waals surface area contributed by atoms with E-state index in [1.807, 2.05) is 25.1 Å². The van der Waals surface area contributed by atoms with Crippen LogP contribution >= 0.6 is 11.3 Å². The van der Waals surface area contributed by atoms with Gasteiger partial charge in [0.25, 0.3) is 0 Å². The average Bonchev–Trinajstić information content (AvgIpc) is 3.04. The van der Waals surface area contributed by atoms with Crippen molar-refractivity contribution in [1.82, 2.24) is 10.3 Å². The normalized spacial score (nSPS) is 10.8. The van der Waals surface area contributed by atoms with E-state index in [1.165, 1.54) is 0 Å². The lowest BCUT2D eigenvalue weighted by atomic mass is 10.2. The van der Waals surface area contributed by atoms with Gasteiger partial charge < -0.3 is 15.4 Å². The molecule has 2 rings (SSSR count). The van der Waals surface area contributed by atoms with Crippen molar-refractivity contribution in [2.45, 2.75) is 46.5 Å². The summed E-state index contributed by atoms with van der Waals surface area (Å²) in [7, 11) is 0. The Bertz CT molecular complexity index is 698. The average molecular weight is 362 g/mol. The van der Waals surface area contributed by atoms with E-state index in [1.54, 1.807) is 11.3 Å². The van der Waals surface area contributed by atoms with Crippen LogP contribution in [-0.2, 0) is 6.42 Å². The number of nitrogens with zero attached hydrogens (tertiary/aromatic N) is 1. The first-order valence-corrected chi connectivity index (χ1v) is 9.60. The number of nitrogens with one attached hydrogen (secondary N) is 2. The number of hydrogen-bond acceptors (Lipinski definition) is 4. The largest absolute Gasteiger partial charge is 0.491 e. The molecule has 0 saturated heterocycles. The highest BCUT2D eigenvalue weighted by Crippen LogP contribution is 2.26. The van der Waals surface area contributed by atoms with Crippen LogP contribution in [0.3, 0.4) is 0 Å². The molecule has 0 aliphatic carbocycles. The van der Waals surface area contributed by atoms with Gasteiger partial charge in [-0.3, -0.25) is 0 Å². The molecule has 6 heteroatoms. The second kappa shape index (κ2) is 9.42. The maximum Gasteiger partial charge on any atom is 0.319 e. The summed E-state index contributed by atoms with van der Waals surface area (Å²) in [6.45, 7) is 9.49. The van der Waals surface area contributed by atoms with Crippen LogP contribution in [-0.4, -0.2) is 24.2 Å². The number of benzene rings is 1. The Hall–Kier alpha value is -2.08. The summed E-state index contributed by atoms with van der Waals surface area (Å²) in [4.78, 5) is 16.7. The van der Waals surface area contributed by atoms with Gasteiger partial charge in [0.2, 0.25) is 0 Å². The van der Waals surface area contributed by atoms with Gasteiger partial charge in [0.15, 0.2) is 0 Å². The standard InChI is InChI=1S/C19H27N3O2S/c1-5-10-24-17-11-14(4)6-7-16(17)22-19(23)20-9-8-15-12-25-18(21-15)13(2)3/h6-7,11-13H,5,8-10H2,1-4H3,(H2,20,22,23). The monoisotopic (exact) mass is 361 g/mol. The number of aromatic nitrogens is 1. The van der Waals surface area contributed by atoms with Gasteiger partial charge in [-0.1, -0.05) is 26.8 Å². The minimum absolute atomic E-state index is 0.232. The number of hydrogen-bond donors (Lipinski definition) is 2. The molecule has 5 nitrogen and oxygen atoms in total. The molecule has 0 unspecified atom stereocenters. The van der Waals surface area contributed by atoms with E-state index < -0.39 is 0 Å². The van der Waals surface area contributed by atoms with Crippen molar-refractivity contribution >= 4 is 23.1 Å². The third kappa shape index (κ3) is 6.05. The van der Waals surface area contributed by atoms with Gasteiger partial charge in [-0.2, -0.15) is 0 Å². The van der Waals surface area contributed by atoms with Gasteiger partial charge in [-0.05, 0) is 31.0 Å². The molecule has 0 aliphatic rings. The van der Waals surface area contributed by atoms with Gasteiger partial charge in [0.1, 0.15) is 5.75 Å². The molecular formula is C19H27N3O2S. The van der Waals surface area contributed by atoms with E-state index in [-0.39, 0.29) is 6.03 Å². The van der Waals surface area contributed by atoms with Gasteiger partial charge in [0, 0.05) is 24.3 Å². The van der Waals surface area contributed by atoms with Crippen molar-refractivity contribution in [3.05, 3.63) is 39.8 Å². The fourth-order valence-electron chi connectivity index (χ4n) is 2.24. The Labute approximate surface area is 153 Å². The number of ether oxygens (including phenoxy) is 1. The zero-order valence-electron chi connectivity index (χ0n) is 15.4. The molecular weight excluding hydrogens is 334 g/mol. The first-order valence-electron chi connectivity index (χ1n) is 8.72. The van der Waals surface area contributed by atoms with Gasteiger partial charge in [-0.25, -0.2) is 9.78 Å². The molecule has 136 valence electrons. The number of anilines is 1. The predicted molar refractivity (Wildman–Crippen MR) is 104 cm³/mol. The Balaban J connectivity index is 1.85. The molecule has 2 aromatic rings. The maximum atomic E-state index is 12.1. The Kier molecular flexibility index (Phi) is 7.25. The predicted octanol–water partition coefficient (Wildman–Crippen LogP) is 4.73. The van der Waals surface area contributed by atoms with E-state index in [2.05, 4.69) is 41.8 Å². The summed E-state index contributed by atoms with van der Waals surface area (Å²) in [6.07, 6.45) is 1.65. The number of rotatable bonds is 8. The molecule has 0 aliphatic heterocycles. The highest BCUT2D eigenvalue weighted by atomic mass is 32.1. The van der Waals surface area contributed by atoms with E-state index in [0.29, 0.717) is 30.5 Å². The third-order valence-electron chi connectivity index (χ3n) is 3.58. The number of carbonyl (C=O) groups is 1. The number of thiazole rings is 1. The third-order valence-corrected chi connectivity index (χ3v) is 4.77. The summed E-state index contributed by atoms with van der Waals surface area (Å²) in [5.41, 5.74) is 2.81. The van der Waals surface area contributed by atoms with E-state index >= 15 is 0 Å². The zero-order chi connectivity index (χ0) is 18.2.